The molecule has 7 heteroatoms. The van der Waals surface area contributed by atoms with E-state index in [9.17, 15) is 9.59 Å². The minimum absolute atomic E-state index is 0.276. The van der Waals surface area contributed by atoms with Crippen molar-refractivity contribution in [1.29, 1.82) is 0 Å². The fourth-order valence-electron chi connectivity index (χ4n) is 2.88. The van der Waals surface area contributed by atoms with Gasteiger partial charge in [-0.3, -0.25) is 4.79 Å². The first-order valence-corrected chi connectivity index (χ1v) is 9.95. The van der Waals surface area contributed by atoms with Crippen LogP contribution in [0.3, 0.4) is 0 Å². The highest BCUT2D eigenvalue weighted by Crippen LogP contribution is 2.41. The van der Waals surface area contributed by atoms with Crippen LogP contribution in [0.25, 0.3) is 0 Å². The van der Waals surface area contributed by atoms with Gasteiger partial charge in [-0.05, 0) is 54.4 Å². The van der Waals surface area contributed by atoms with Gasteiger partial charge in [0.15, 0.2) is 0 Å². The molecule has 0 unspecified atom stereocenters. The summed E-state index contributed by atoms with van der Waals surface area (Å²) in [5.74, 6) is -0.688. The van der Waals surface area contributed by atoms with Crippen LogP contribution < -0.4 is 5.32 Å². The second-order valence-corrected chi connectivity index (χ2v) is 8.55. The molecule has 138 valence electrons. The number of carbonyl (C=O) groups excluding carboxylic acids is 2. The van der Waals surface area contributed by atoms with Crippen molar-refractivity contribution in [3.63, 3.8) is 0 Å². The summed E-state index contributed by atoms with van der Waals surface area (Å²) in [5, 5.41) is 3.39. The molecule has 1 amide bonds. The van der Waals surface area contributed by atoms with E-state index < -0.39 is 5.97 Å². The van der Waals surface area contributed by atoms with Crippen LogP contribution >= 0.6 is 27.3 Å². The monoisotopic (exact) mass is 437 g/mol. The Kier molecular flexibility index (Phi) is 5.50. The minimum Gasteiger partial charge on any atom is -0.462 e. The molecule has 1 aliphatic heterocycles. The Hall–Kier alpha value is -1.70. The number of thiophene rings is 1. The van der Waals surface area contributed by atoms with Gasteiger partial charge < -0.3 is 14.8 Å². The number of hydrogen-bond donors (Lipinski definition) is 1. The molecule has 0 spiro atoms. The summed E-state index contributed by atoms with van der Waals surface area (Å²) in [6, 6.07) is 7.16. The molecule has 0 saturated heterocycles. The third-order valence-electron chi connectivity index (χ3n) is 4.11. The zero-order valence-electron chi connectivity index (χ0n) is 14.8. The standard InChI is InChI=1S/C19H20BrNO4S/c1-4-24-18(23)15-12-9-19(2,3)25-10-14(12)26-17(15)21-16(22)11-7-5-6-8-13(11)20/h5-8H,4,9-10H2,1-3H3,(H,21,22). The highest BCUT2D eigenvalue weighted by Gasteiger charge is 2.34. The van der Waals surface area contributed by atoms with E-state index in [1.807, 2.05) is 19.9 Å². The van der Waals surface area contributed by atoms with E-state index in [2.05, 4.69) is 21.2 Å². The van der Waals surface area contributed by atoms with E-state index in [4.69, 9.17) is 9.47 Å². The molecule has 3 rings (SSSR count). The number of ether oxygens (including phenoxy) is 2. The predicted molar refractivity (Wildman–Crippen MR) is 105 cm³/mol. The van der Waals surface area contributed by atoms with Crippen molar-refractivity contribution in [2.75, 3.05) is 11.9 Å². The Morgan fingerprint density at radius 1 is 1.35 bits per heavy atom. The quantitative estimate of drug-likeness (QED) is 0.698. The van der Waals surface area contributed by atoms with Crippen LogP contribution in [0.5, 0.6) is 0 Å². The summed E-state index contributed by atoms with van der Waals surface area (Å²) >= 11 is 4.76. The molecule has 0 bridgehead atoms. The largest absolute Gasteiger partial charge is 0.462 e. The molecule has 5 nitrogen and oxygen atoms in total. The first kappa shape index (κ1) is 19.1. The molecule has 0 radical (unpaired) electrons. The van der Waals surface area contributed by atoms with Crippen LogP contribution in [-0.4, -0.2) is 24.1 Å². The number of hydrogen-bond acceptors (Lipinski definition) is 5. The molecule has 26 heavy (non-hydrogen) atoms. The SMILES string of the molecule is CCOC(=O)c1c(NC(=O)c2ccccc2Br)sc2c1CC(C)(C)OC2. The van der Waals surface area contributed by atoms with Crippen LogP contribution in [-0.2, 0) is 22.5 Å². The van der Waals surface area contributed by atoms with Crippen molar-refractivity contribution < 1.29 is 19.1 Å². The van der Waals surface area contributed by atoms with E-state index in [-0.39, 0.29) is 18.1 Å². The van der Waals surface area contributed by atoms with Gasteiger partial charge in [-0.15, -0.1) is 11.3 Å². The lowest BCUT2D eigenvalue weighted by Crippen LogP contribution is -2.32. The molecule has 1 N–H and O–H groups in total. The van der Waals surface area contributed by atoms with Gasteiger partial charge in [-0.25, -0.2) is 4.79 Å². The molecule has 2 heterocycles. The Morgan fingerprint density at radius 3 is 2.77 bits per heavy atom. The van der Waals surface area contributed by atoms with Gasteiger partial charge in [0.25, 0.3) is 5.91 Å². The highest BCUT2D eigenvalue weighted by molar-refractivity contribution is 9.10. The first-order chi connectivity index (χ1) is 12.3. The minimum atomic E-state index is -0.412. The Labute approximate surface area is 164 Å². The number of rotatable bonds is 4. The molecule has 2 aromatic rings. The molecule has 0 atom stereocenters. The van der Waals surface area contributed by atoms with Crippen molar-refractivity contribution in [3.8, 4) is 0 Å². The van der Waals surface area contributed by atoms with E-state index in [1.165, 1.54) is 11.3 Å². The fraction of sp³-hybridized carbons (Fsp3) is 0.368. The average Bonchev–Trinajstić information content (AvgIpc) is 2.91. The second-order valence-electron chi connectivity index (χ2n) is 6.59. The lowest BCUT2D eigenvalue weighted by Gasteiger charge is -2.30. The van der Waals surface area contributed by atoms with Crippen molar-refractivity contribution in [3.05, 3.63) is 50.3 Å². The van der Waals surface area contributed by atoms with Crippen molar-refractivity contribution in [2.45, 2.75) is 39.4 Å². The van der Waals surface area contributed by atoms with E-state index >= 15 is 0 Å². The number of anilines is 1. The van der Waals surface area contributed by atoms with Gasteiger partial charge in [0, 0.05) is 15.8 Å². The highest BCUT2D eigenvalue weighted by atomic mass is 79.9. The maximum atomic E-state index is 12.7. The summed E-state index contributed by atoms with van der Waals surface area (Å²) in [4.78, 5) is 26.2. The zero-order valence-corrected chi connectivity index (χ0v) is 17.3. The van der Waals surface area contributed by atoms with Crippen molar-refractivity contribution in [1.82, 2.24) is 0 Å². The van der Waals surface area contributed by atoms with Gasteiger partial charge >= 0.3 is 5.97 Å². The molecular formula is C19H20BrNO4S. The molecule has 0 aliphatic carbocycles. The lowest BCUT2D eigenvalue weighted by molar-refractivity contribution is -0.0384. The first-order valence-electron chi connectivity index (χ1n) is 8.34. The van der Waals surface area contributed by atoms with Crippen LogP contribution in [0.2, 0.25) is 0 Å². The van der Waals surface area contributed by atoms with Crippen LogP contribution in [0.1, 0.15) is 51.9 Å². The van der Waals surface area contributed by atoms with Gasteiger partial charge in [-0.2, -0.15) is 0 Å². The van der Waals surface area contributed by atoms with E-state index in [0.29, 0.717) is 33.6 Å². The zero-order chi connectivity index (χ0) is 18.9. The van der Waals surface area contributed by atoms with Crippen molar-refractivity contribution >= 4 is 44.1 Å². The van der Waals surface area contributed by atoms with Gasteiger partial charge in [-0.1, -0.05) is 12.1 Å². The maximum Gasteiger partial charge on any atom is 0.341 e. The summed E-state index contributed by atoms with van der Waals surface area (Å²) in [6.45, 7) is 6.44. The number of esters is 1. The summed E-state index contributed by atoms with van der Waals surface area (Å²) in [7, 11) is 0. The number of fused-ring (bicyclic) bond motifs is 1. The van der Waals surface area contributed by atoms with Crippen molar-refractivity contribution in [2.24, 2.45) is 0 Å². The Bertz CT molecular complexity index is 859. The lowest BCUT2D eigenvalue weighted by atomic mass is 9.93. The molecular weight excluding hydrogens is 418 g/mol. The normalized spacial score (nSPS) is 15.2. The van der Waals surface area contributed by atoms with Gasteiger partial charge in [0.1, 0.15) is 5.00 Å². The van der Waals surface area contributed by atoms with Gasteiger partial charge in [0.05, 0.1) is 29.9 Å². The van der Waals surface area contributed by atoms with Crippen LogP contribution in [0.4, 0.5) is 5.00 Å². The predicted octanol–water partition coefficient (Wildman–Crippen LogP) is 4.79. The maximum absolute atomic E-state index is 12.7. The smallest absolute Gasteiger partial charge is 0.341 e. The molecule has 0 saturated carbocycles. The summed E-state index contributed by atoms with van der Waals surface area (Å²) in [6.07, 6.45) is 0.595. The molecule has 1 aromatic heterocycles. The number of nitrogens with one attached hydrogen (secondary N) is 1. The summed E-state index contributed by atoms with van der Waals surface area (Å²) < 4.78 is 11.8. The van der Waals surface area contributed by atoms with Gasteiger partial charge in [0.2, 0.25) is 0 Å². The number of carbonyl (C=O) groups is 2. The molecule has 0 fully saturated rings. The van der Waals surface area contributed by atoms with Crippen LogP contribution in [0, 0.1) is 0 Å². The molecule has 1 aromatic carbocycles. The van der Waals surface area contributed by atoms with E-state index in [1.54, 1.807) is 25.1 Å². The summed E-state index contributed by atoms with van der Waals surface area (Å²) in [5.41, 5.74) is 1.50. The Morgan fingerprint density at radius 2 is 2.08 bits per heavy atom. The van der Waals surface area contributed by atoms with Crippen LogP contribution in [0.15, 0.2) is 28.7 Å². The van der Waals surface area contributed by atoms with E-state index in [0.717, 1.165) is 10.4 Å². The third kappa shape index (κ3) is 3.84. The second kappa shape index (κ2) is 7.50. The fourth-order valence-corrected chi connectivity index (χ4v) is 4.46. The third-order valence-corrected chi connectivity index (χ3v) is 5.92. The topological polar surface area (TPSA) is 64.6 Å². The number of amides is 1. The average molecular weight is 438 g/mol. The Balaban J connectivity index is 1.99. The number of halogens is 1. The number of benzene rings is 1. The molecule has 1 aliphatic rings.